The van der Waals surface area contributed by atoms with Crippen molar-refractivity contribution in [2.24, 2.45) is 0 Å². The van der Waals surface area contributed by atoms with Crippen LogP contribution in [0, 0.1) is 0 Å². The van der Waals surface area contributed by atoms with Crippen molar-refractivity contribution in [2.45, 2.75) is 82.6 Å². The molecule has 0 spiro atoms. The summed E-state index contributed by atoms with van der Waals surface area (Å²) in [7, 11) is 0. The van der Waals surface area contributed by atoms with Crippen LogP contribution in [0.15, 0.2) is 63.8 Å². The standard InChI is InChI=1S/C36H50O8S2/c1-2-3-4-5-6-7-8-9-10-11-16-39-19-20-40-21-22-41-23-24-44-34-26-30(35(37)45-28-32-14-12-17-42-32)25-31(27-34)36(38)46-29-33-15-13-18-43-33/h12-15,17-18,25-27H,2-11,16,19-24,28-29H2,1H3. The number of hydrogen-bond acceptors (Lipinski definition) is 10. The van der Waals surface area contributed by atoms with Gasteiger partial charge in [0, 0.05) is 17.7 Å². The summed E-state index contributed by atoms with van der Waals surface area (Å²) in [6.45, 7) is 5.73. The Morgan fingerprint density at radius 2 is 1.04 bits per heavy atom. The molecule has 0 fully saturated rings. The first kappa shape index (κ1) is 38.0. The molecule has 0 saturated heterocycles. The van der Waals surface area contributed by atoms with E-state index in [0.717, 1.165) is 36.6 Å². The average molecular weight is 675 g/mol. The number of benzene rings is 1. The second-order valence-electron chi connectivity index (χ2n) is 10.9. The van der Waals surface area contributed by atoms with Gasteiger partial charge in [-0.1, -0.05) is 88.2 Å². The van der Waals surface area contributed by atoms with Crippen LogP contribution in [-0.4, -0.2) is 56.5 Å². The summed E-state index contributed by atoms with van der Waals surface area (Å²) in [5, 5.41) is -0.347. The number of ether oxygens (including phenoxy) is 4. The number of thioether (sulfide) groups is 2. The van der Waals surface area contributed by atoms with E-state index in [-0.39, 0.29) is 16.8 Å². The molecule has 8 nitrogen and oxygen atoms in total. The van der Waals surface area contributed by atoms with Gasteiger partial charge >= 0.3 is 0 Å². The second kappa shape index (κ2) is 24.6. The molecular weight excluding hydrogens is 625 g/mol. The van der Waals surface area contributed by atoms with Crippen LogP contribution in [0.25, 0.3) is 0 Å². The van der Waals surface area contributed by atoms with Gasteiger partial charge in [0.25, 0.3) is 0 Å². The average Bonchev–Trinajstić information content (AvgIpc) is 3.80. The highest BCUT2D eigenvalue weighted by atomic mass is 32.2. The Balaban J connectivity index is 1.27. The number of carbonyl (C=O) groups excluding carboxylic acids is 2. The van der Waals surface area contributed by atoms with E-state index in [4.69, 9.17) is 27.8 Å². The summed E-state index contributed by atoms with van der Waals surface area (Å²) in [5.41, 5.74) is 0.779. The number of hydrogen-bond donors (Lipinski definition) is 0. The maximum atomic E-state index is 13.0. The Hall–Kier alpha value is -2.50. The number of unbranched alkanes of at least 4 members (excludes halogenated alkanes) is 9. The minimum absolute atomic E-state index is 0.173. The van der Waals surface area contributed by atoms with Crippen molar-refractivity contribution in [1.29, 1.82) is 0 Å². The predicted molar refractivity (Wildman–Crippen MR) is 185 cm³/mol. The molecular formula is C36H50O8S2. The van der Waals surface area contributed by atoms with Gasteiger partial charge in [-0.25, -0.2) is 0 Å². The van der Waals surface area contributed by atoms with Crippen molar-refractivity contribution in [2.75, 3.05) is 46.2 Å². The molecule has 46 heavy (non-hydrogen) atoms. The minimum atomic E-state index is -0.173. The first-order chi connectivity index (χ1) is 22.7. The molecule has 0 amide bonds. The lowest BCUT2D eigenvalue weighted by atomic mass is 10.1. The molecule has 1 aromatic carbocycles. The van der Waals surface area contributed by atoms with Gasteiger partial charge in [0.15, 0.2) is 0 Å². The van der Waals surface area contributed by atoms with Gasteiger partial charge in [0.05, 0.1) is 57.1 Å². The molecule has 10 heteroatoms. The van der Waals surface area contributed by atoms with Crippen molar-refractivity contribution in [1.82, 2.24) is 0 Å². The lowest BCUT2D eigenvalue weighted by Crippen LogP contribution is -2.13. The Morgan fingerprint density at radius 3 is 1.52 bits per heavy atom. The van der Waals surface area contributed by atoms with Crippen LogP contribution in [0.2, 0.25) is 0 Å². The highest BCUT2D eigenvalue weighted by Gasteiger charge is 2.16. The molecule has 0 N–H and O–H groups in total. The summed E-state index contributed by atoms with van der Waals surface area (Å²) >= 11 is 2.22. The van der Waals surface area contributed by atoms with Gasteiger partial charge in [0.1, 0.15) is 23.9 Å². The molecule has 2 heterocycles. The van der Waals surface area contributed by atoms with E-state index in [9.17, 15) is 9.59 Å². The number of carbonyl (C=O) groups is 2. The molecule has 3 rings (SSSR count). The fourth-order valence-corrected chi connectivity index (χ4v) is 6.04. The summed E-state index contributed by atoms with van der Waals surface area (Å²) in [5.74, 6) is 2.64. The van der Waals surface area contributed by atoms with E-state index >= 15 is 0 Å². The predicted octanol–water partition coefficient (Wildman–Crippen LogP) is 9.37. The number of furan rings is 2. The molecule has 0 atom stereocenters. The smallest absolute Gasteiger partial charge is 0.219 e. The zero-order valence-corrected chi connectivity index (χ0v) is 28.8. The van der Waals surface area contributed by atoms with Gasteiger partial charge in [-0.05, 0) is 48.9 Å². The van der Waals surface area contributed by atoms with E-state index < -0.39 is 0 Å². The van der Waals surface area contributed by atoms with Crippen LogP contribution in [0.4, 0.5) is 0 Å². The van der Waals surface area contributed by atoms with Crippen LogP contribution in [0.3, 0.4) is 0 Å². The molecule has 0 saturated carbocycles. The van der Waals surface area contributed by atoms with Crippen molar-refractivity contribution >= 4 is 33.8 Å². The zero-order chi connectivity index (χ0) is 32.5. The summed E-state index contributed by atoms with van der Waals surface area (Å²) in [6, 6.07) is 12.1. The van der Waals surface area contributed by atoms with Gasteiger partial charge < -0.3 is 27.8 Å². The quantitative estimate of drug-likeness (QED) is 0.0728. The fourth-order valence-electron chi connectivity index (χ4n) is 4.60. The highest BCUT2D eigenvalue weighted by molar-refractivity contribution is 8.13. The highest BCUT2D eigenvalue weighted by Crippen LogP contribution is 2.27. The summed E-state index contributed by atoms with van der Waals surface area (Å²) in [4.78, 5) is 25.9. The molecule has 0 radical (unpaired) electrons. The molecule has 0 aliphatic carbocycles. The van der Waals surface area contributed by atoms with Crippen molar-refractivity contribution in [3.63, 3.8) is 0 Å². The van der Waals surface area contributed by atoms with Gasteiger partial charge in [0.2, 0.25) is 10.2 Å². The van der Waals surface area contributed by atoms with Gasteiger partial charge in [-0.3, -0.25) is 9.59 Å². The first-order valence-electron chi connectivity index (χ1n) is 16.6. The van der Waals surface area contributed by atoms with Gasteiger partial charge in [-0.2, -0.15) is 0 Å². The largest absolute Gasteiger partial charge is 0.491 e. The Morgan fingerprint density at radius 1 is 0.587 bits per heavy atom. The third kappa shape index (κ3) is 16.9. The second-order valence-corrected chi connectivity index (χ2v) is 12.8. The first-order valence-corrected chi connectivity index (χ1v) is 18.5. The van der Waals surface area contributed by atoms with E-state index in [0.29, 0.717) is 72.9 Å². The lowest BCUT2D eigenvalue weighted by Gasteiger charge is -2.11. The van der Waals surface area contributed by atoms with E-state index in [2.05, 4.69) is 6.92 Å². The van der Waals surface area contributed by atoms with Crippen LogP contribution < -0.4 is 4.74 Å². The van der Waals surface area contributed by atoms with Gasteiger partial charge in [-0.15, -0.1) is 0 Å². The monoisotopic (exact) mass is 674 g/mol. The zero-order valence-electron chi connectivity index (χ0n) is 27.2. The van der Waals surface area contributed by atoms with Crippen LogP contribution in [0.5, 0.6) is 5.75 Å². The molecule has 3 aromatic rings. The Labute approximate surface area is 282 Å². The third-order valence-electron chi connectivity index (χ3n) is 7.11. The van der Waals surface area contributed by atoms with Crippen LogP contribution in [0.1, 0.15) is 103 Å². The minimum Gasteiger partial charge on any atom is -0.491 e. The van der Waals surface area contributed by atoms with Crippen molar-refractivity contribution in [3.05, 3.63) is 77.6 Å². The molecule has 0 aliphatic rings. The SMILES string of the molecule is CCCCCCCCCCCCOCCOCCOCCOc1cc(C(=O)SCc2ccco2)cc(C(=O)SCc2ccco2)c1. The maximum absolute atomic E-state index is 13.0. The van der Waals surface area contributed by atoms with Crippen molar-refractivity contribution in [3.8, 4) is 5.75 Å². The molecule has 2 aromatic heterocycles. The lowest BCUT2D eigenvalue weighted by molar-refractivity contribution is 0.00878. The topological polar surface area (TPSA) is 97.3 Å². The van der Waals surface area contributed by atoms with Crippen molar-refractivity contribution < 1.29 is 37.4 Å². The fraction of sp³-hybridized carbons (Fsp3) is 0.556. The molecule has 254 valence electrons. The molecule has 0 aliphatic heterocycles. The summed E-state index contributed by atoms with van der Waals surface area (Å²) < 4.78 is 33.4. The van der Waals surface area contributed by atoms with E-state index in [1.807, 2.05) is 12.1 Å². The van der Waals surface area contributed by atoms with Crippen LogP contribution >= 0.6 is 23.5 Å². The molecule has 0 bridgehead atoms. The maximum Gasteiger partial charge on any atom is 0.219 e. The summed E-state index contributed by atoms with van der Waals surface area (Å²) in [6.07, 6.45) is 16.3. The molecule has 0 unspecified atom stereocenters. The Bertz CT molecular complexity index is 1130. The van der Waals surface area contributed by atoms with E-state index in [1.165, 1.54) is 57.8 Å². The normalized spacial score (nSPS) is 11.2. The Kier molecular flexibility index (Phi) is 20.3. The number of rotatable bonds is 27. The third-order valence-corrected chi connectivity index (χ3v) is 8.97. The van der Waals surface area contributed by atoms with Crippen LogP contribution in [-0.2, 0) is 25.7 Å². The van der Waals surface area contributed by atoms with E-state index in [1.54, 1.807) is 42.9 Å².